The Morgan fingerprint density at radius 3 is 2.88 bits per heavy atom. The van der Waals surface area contributed by atoms with Gasteiger partial charge in [0.1, 0.15) is 0 Å². The normalized spacial score (nSPS) is 20.1. The number of amides is 3. The number of nitrogens with zero attached hydrogens (tertiary/aromatic N) is 1. The Morgan fingerprint density at radius 2 is 2.24 bits per heavy atom. The van der Waals surface area contributed by atoms with Crippen molar-refractivity contribution in [1.82, 2.24) is 10.2 Å². The second-order valence-corrected chi connectivity index (χ2v) is 4.76. The molecule has 1 unspecified atom stereocenters. The van der Waals surface area contributed by atoms with Gasteiger partial charge in [-0.25, -0.2) is 4.79 Å². The molecule has 3 amide bonds. The first-order chi connectivity index (χ1) is 8.13. The standard InChI is InChI=1S/C11H20ClN3O2/c12-5-1-4-10(16)15-6-2-3-9(8-15)7-14-11(13)17/h9H,1-8H2,(H3,13,14,17). The summed E-state index contributed by atoms with van der Waals surface area (Å²) in [5.41, 5.74) is 5.02. The van der Waals surface area contributed by atoms with Crippen LogP contribution in [0.1, 0.15) is 25.7 Å². The first-order valence-corrected chi connectivity index (χ1v) is 6.54. The summed E-state index contributed by atoms with van der Waals surface area (Å²) in [6.45, 7) is 2.07. The van der Waals surface area contributed by atoms with E-state index in [4.69, 9.17) is 17.3 Å². The molecule has 5 nitrogen and oxygen atoms in total. The lowest BCUT2D eigenvalue weighted by atomic mass is 9.97. The third kappa shape index (κ3) is 5.26. The van der Waals surface area contributed by atoms with E-state index in [1.54, 1.807) is 0 Å². The summed E-state index contributed by atoms with van der Waals surface area (Å²) in [7, 11) is 0. The number of halogens is 1. The summed E-state index contributed by atoms with van der Waals surface area (Å²) in [6, 6.07) is -0.504. The second-order valence-electron chi connectivity index (χ2n) is 4.39. The van der Waals surface area contributed by atoms with Crippen molar-refractivity contribution in [3.63, 3.8) is 0 Å². The number of nitrogens with one attached hydrogen (secondary N) is 1. The minimum atomic E-state index is -0.504. The van der Waals surface area contributed by atoms with Crippen LogP contribution in [0.2, 0.25) is 0 Å². The van der Waals surface area contributed by atoms with E-state index in [1.807, 2.05) is 4.90 Å². The van der Waals surface area contributed by atoms with E-state index in [9.17, 15) is 9.59 Å². The predicted molar refractivity (Wildman–Crippen MR) is 66.8 cm³/mol. The molecule has 0 bridgehead atoms. The first kappa shape index (κ1) is 14.1. The van der Waals surface area contributed by atoms with Crippen LogP contribution < -0.4 is 11.1 Å². The van der Waals surface area contributed by atoms with Gasteiger partial charge in [0.05, 0.1) is 0 Å². The maximum Gasteiger partial charge on any atom is 0.312 e. The van der Waals surface area contributed by atoms with Gasteiger partial charge in [0.2, 0.25) is 5.91 Å². The number of alkyl halides is 1. The summed E-state index contributed by atoms with van der Waals surface area (Å²) in [5.74, 6) is 0.998. The van der Waals surface area contributed by atoms with Crippen LogP contribution in [0.3, 0.4) is 0 Å². The van der Waals surface area contributed by atoms with Crippen molar-refractivity contribution >= 4 is 23.5 Å². The fourth-order valence-electron chi connectivity index (χ4n) is 2.08. The smallest absolute Gasteiger partial charge is 0.312 e. The SMILES string of the molecule is NC(=O)NCC1CCCN(C(=O)CCCCl)C1. The van der Waals surface area contributed by atoms with Crippen molar-refractivity contribution in [3.8, 4) is 0 Å². The summed E-state index contributed by atoms with van der Waals surface area (Å²) < 4.78 is 0. The molecule has 98 valence electrons. The Bertz CT molecular complexity index is 273. The molecule has 0 aromatic rings. The molecule has 3 N–H and O–H groups in total. The third-order valence-electron chi connectivity index (χ3n) is 2.96. The van der Waals surface area contributed by atoms with E-state index in [1.165, 1.54) is 0 Å². The molecule has 0 aromatic carbocycles. The summed E-state index contributed by atoms with van der Waals surface area (Å²) >= 11 is 5.57. The fourth-order valence-corrected chi connectivity index (χ4v) is 2.21. The maximum atomic E-state index is 11.8. The highest BCUT2D eigenvalue weighted by Gasteiger charge is 2.23. The lowest BCUT2D eigenvalue weighted by Crippen LogP contribution is -2.44. The van der Waals surface area contributed by atoms with E-state index in [0.29, 0.717) is 31.3 Å². The van der Waals surface area contributed by atoms with E-state index < -0.39 is 6.03 Å². The molecular weight excluding hydrogens is 242 g/mol. The van der Waals surface area contributed by atoms with Crippen molar-refractivity contribution in [2.24, 2.45) is 11.7 Å². The molecule has 6 heteroatoms. The number of carbonyl (C=O) groups excluding carboxylic acids is 2. The third-order valence-corrected chi connectivity index (χ3v) is 3.23. The van der Waals surface area contributed by atoms with Crippen LogP contribution >= 0.6 is 11.6 Å². The van der Waals surface area contributed by atoms with Crippen LogP contribution in [0.4, 0.5) is 4.79 Å². The zero-order valence-corrected chi connectivity index (χ0v) is 10.7. The minimum Gasteiger partial charge on any atom is -0.352 e. The summed E-state index contributed by atoms with van der Waals surface area (Å²) in [6.07, 6.45) is 3.25. The molecule has 1 saturated heterocycles. The van der Waals surface area contributed by atoms with Gasteiger partial charge < -0.3 is 16.0 Å². The van der Waals surface area contributed by atoms with Gasteiger partial charge in [0.25, 0.3) is 0 Å². The van der Waals surface area contributed by atoms with Crippen molar-refractivity contribution < 1.29 is 9.59 Å². The highest BCUT2D eigenvalue weighted by molar-refractivity contribution is 6.17. The van der Waals surface area contributed by atoms with Crippen LogP contribution in [0, 0.1) is 5.92 Å². The predicted octanol–water partition coefficient (Wildman–Crippen LogP) is 0.912. The van der Waals surface area contributed by atoms with Crippen LogP contribution in [-0.2, 0) is 4.79 Å². The van der Waals surface area contributed by atoms with Crippen LogP contribution in [0.5, 0.6) is 0 Å². The molecule has 0 aromatic heterocycles. The van der Waals surface area contributed by atoms with Crippen molar-refractivity contribution in [1.29, 1.82) is 0 Å². The van der Waals surface area contributed by atoms with E-state index in [0.717, 1.165) is 25.8 Å². The minimum absolute atomic E-state index is 0.162. The molecule has 1 rings (SSSR count). The number of hydrogen-bond acceptors (Lipinski definition) is 2. The number of piperidine rings is 1. The molecular formula is C11H20ClN3O2. The molecule has 17 heavy (non-hydrogen) atoms. The van der Waals surface area contributed by atoms with Gasteiger partial charge in [0, 0.05) is 31.9 Å². The molecule has 1 fully saturated rings. The Hall–Kier alpha value is -0.970. The van der Waals surface area contributed by atoms with Crippen molar-refractivity contribution in [2.45, 2.75) is 25.7 Å². The Balaban J connectivity index is 2.32. The van der Waals surface area contributed by atoms with Crippen LogP contribution in [0.15, 0.2) is 0 Å². The molecule has 1 atom stereocenters. The Labute approximate surface area is 107 Å². The van der Waals surface area contributed by atoms with Gasteiger partial charge in [0.15, 0.2) is 0 Å². The lowest BCUT2D eigenvalue weighted by molar-refractivity contribution is -0.132. The molecule has 0 aliphatic carbocycles. The monoisotopic (exact) mass is 261 g/mol. The van der Waals surface area contributed by atoms with Crippen LogP contribution in [-0.4, -0.2) is 42.4 Å². The van der Waals surface area contributed by atoms with Gasteiger partial charge in [-0.2, -0.15) is 0 Å². The molecule has 0 spiro atoms. The van der Waals surface area contributed by atoms with Gasteiger partial charge >= 0.3 is 6.03 Å². The summed E-state index contributed by atoms with van der Waals surface area (Å²) in [4.78, 5) is 24.3. The Morgan fingerprint density at radius 1 is 1.47 bits per heavy atom. The van der Waals surface area contributed by atoms with Gasteiger partial charge in [-0.3, -0.25) is 4.79 Å². The zero-order chi connectivity index (χ0) is 12.7. The zero-order valence-electron chi connectivity index (χ0n) is 9.95. The van der Waals surface area contributed by atoms with Crippen LogP contribution in [0.25, 0.3) is 0 Å². The van der Waals surface area contributed by atoms with E-state index in [2.05, 4.69) is 5.32 Å². The molecule has 1 heterocycles. The number of hydrogen-bond donors (Lipinski definition) is 2. The number of nitrogens with two attached hydrogens (primary N) is 1. The average molecular weight is 262 g/mol. The number of urea groups is 1. The van der Waals surface area contributed by atoms with E-state index in [-0.39, 0.29) is 5.91 Å². The Kier molecular flexibility index (Phi) is 6.11. The average Bonchev–Trinajstić information content (AvgIpc) is 2.33. The number of primary amides is 1. The molecule has 1 aliphatic heterocycles. The quantitative estimate of drug-likeness (QED) is 0.722. The van der Waals surface area contributed by atoms with E-state index >= 15 is 0 Å². The largest absolute Gasteiger partial charge is 0.352 e. The van der Waals surface area contributed by atoms with Gasteiger partial charge in [-0.05, 0) is 25.2 Å². The van der Waals surface area contributed by atoms with Gasteiger partial charge in [-0.15, -0.1) is 11.6 Å². The topological polar surface area (TPSA) is 75.4 Å². The van der Waals surface area contributed by atoms with Gasteiger partial charge in [-0.1, -0.05) is 0 Å². The summed E-state index contributed by atoms with van der Waals surface area (Å²) in [5, 5.41) is 2.60. The second kappa shape index (κ2) is 7.37. The molecule has 0 radical (unpaired) electrons. The first-order valence-electron chi connectivity index (χ1n) is 6.00. The fraction of sp³-hybridized carbons (Fsp3) is 0.818. The number of carbonyl (C=O) groups is 2. The number of rotatable bonds is 5. The molecule has 0 saturated carbocycles. The highest BCUT2D eigenvalue weighted by atomic mass is 35.5. The molecule has 1 aliphatic rings. The lowest BCUT2D eigenvalue weighted by Gasteiger charge is -2.32. The maximum absolute atomic E-state index is 11.8. The highest BCUT2D eigenvalue weighted by Crippen LogP contribution is 2.16. The van der Waals surface area contributed by atoms with Crippen molar-refractivity contribution in [3.05, 3.63) is 0 Å². The number of likely N-dealkylation sites (tertiary alicyclic amines) is 1. The van der Waals surface area contributed by atoms with Crippen molar-refractivity contribution in [2.75, 3.05) is 25.5 Å².